The van der Waals surface area contributed by atoms with Crippen molar-refractivity contribution in [1.29, 1.82) is 0 Å². The Labute approximate surface area is 150 Å². The average molecular weight is 339 g/mol. The molecule has 0 fully saturated rings. The monoisotopic (exact) mass is 339 g/mol. The SMILES string of the molecule is c1ccc(Cn2c3ccccc3c3ccc(Cc4nn[nH]n4)cc32)cc1. The van der Waals surface area contributed by atoms with E-state index in [0.717, 1.165) is 6.54 Å². The van der Waals surface area contributed by atoms with Gasteiger partial charge in [0.1, 0.15) is 0 Å². The smallest absolute Gasteiger partial charge is 0.178 e. The molecule has 0 amide bonds. The summed E-state index contributed by atoms with van der Waals surface area (Å²) in [6.07, 6.45) is 0.666. The van der Waals surface area contributed by atoms with Gasteiger partial charge in [0.2, 0.25) is 0 Å². The van der Waals surface area contributed by atoms with Crippen LogP contribution in [-0.2, 0) is 13.0 Å². The first-order valence-electron chi connectivity index (χ1n) is 8.64. The van der Waals surface area contributed by atoms with Gasteiger partial charge in [-0.2, -0.15) is 5.21 Å². The summed E-state index contributed by atoms with van der Waals surface area (Å²) < 4.78 is 2.39. The molecule has 2 heterocycles. The van der Waals surface area contributed by atoms with Gasteiger partial charge in [-0.15, -0.1) is 10.2 Å². The number of nitrogens with one attached hydrogen (secondary N) is 1. The molecule has 0 saturated heterocycles. The average Bonchev–Trinajstić information content (AvgIpc) is 3.30. The van der Waals surface area contributed by atoms with Gasteiger partial charge in [0.25, 0.3) is 0 Å². The van der Waals surface area contributed by atoms with Crippen LogP contribution in [0.4, 0.5) is 0 Å². The lowest BCUT2D eigenvalue weighted by atomic mass is 10.1. The number of hydrogen-bond acceptors (Lipinski definition) is 3. The molecule has 0 unspecified atom stereocenters. The first kappa shape index (κ1) is 14.8. The van der Waals surface area contributed by atoms with Crippen LogP contribution in [0.3, 0.4) is 0 Å². The summed E-state index contributed by atoms with van der Waals surface area (Å²) in [6.45, 7) is 0.844. The van der Waals surface area contributed by atoms with Gasteiger partial charge in [0.15, 0.2) is 5.82 Å². The van der Waals surface area contributed by atoms with E-state index in [-0.39, 0.29) is 0 Å². The quantitative estimate of drug-likeness (QED) is 0.539. The van der Waals surface area contributed by atoms with E-state index in [1.54, 1.807) is 0 Å². The third kappa shape index (κ3) is 2.54. The standard InChI is InChI=1S/C21H17N5/c1-2-6-15(7-3-1)14-26-19-9-5-4-8-17(19)18-11-10-16(12-20(18)26)13-21-22-24-25-23-21/h1-12H,13-14H2,(H,22,23,24,25). The number of aromatic nitrogens is 5. The van der Waals surface area contributed by atoms with E-state index >= 15 is 0 Å². The molecule has 26 heavy (non-hydrogen) atoms. The zero-order chi connectivity index (χ0) is 17.3. The number of hydrogen-bond donors (Lipinski definition) is 1. The number of para-hydroxylation sites is 1. The summed E-state index contributed by atoms with van der Waals surface area (Å²) in [7, 11) is 0. The van der Waals surface area contributed by atoms with Gasteiger partial charge in [-0.3, -0.25) is 0 Å². The van der Waals surface area contributed by atoms with Crippen LogP contribution >= 0.6 is 0 Å². The molecule has 0 bridgehead atoms. The second-order valence-corrected chi connectivity index (χ2v) is 6.45. The summed E-state index contributed by atoms with van der Waals surface area (Å²) in [5, 5.41) is 16.9. The highest BCUT2D eigenvalue weighted by Crippen LogP contribution is 2.30. The molecule has 126 valence electrons. The van der Waals surface area contributed by atoms with Crippen molar-refractivity contribution < 1.29 is 0 Å². The van der Waals surface area contributed by atoms with Gasteiger partial charge in [-0.05, 0) is 23.3 Å². The maximum Gasteiger partial charge on any atom is 0.178 e. The van der Waals surface area contributed by atoms with Gasteiger partial charge < -0.3 is 4.57 Å². The molecule has 0 atom stereocenters. The summed E-state index contributed by atoms with van der Waals surface area (Å²) in [4.78, 5) is 0. The Hall–Kier alpha value is -3.47. The van der Waals surface area contributed by atoms with E-state index in [4.69, 9.17) is 0 Å². The lowest BCUT2D eigenvalue weighted by Gasteiger charge is -2.08. The number of fused-ring (bicyclic) bond motifs is 3. The van der Waals surface area contributed by atoms with Gasteiger partial charge in [0.05, 0.1) is 0 Å². The second-order valence-electron chi connectivity index (χ2n) is 6.45. The summed E-state index contributed by atoms with van der Waals surface area (Å²) in [5.74, 6) is 0.704. The van der Waals surface area contributed by atoms with E-state index in [2.05, 4.69) is 98.0 Å². The highest BCUT2D eigenvalue weighted by molar-refractivity contribution is 6.08. The van der Waals surface area contributed by atoms with Crippen molar-refractivity contribution in [3.8, 4) is 0 Å². The summed E-state index contributed by atoms with van der Waals surface area (Å²) in [5.41, 5.74) is 4.95. The zero-order valence-corrected chi connectivity index (χ0v) is 14.1. The van der Waals surface area contributed by atoms with Crippen molar-refractivity contribution in [2.24, 2.45) is 0 Å². The fourth-order valence-corrected chi connectivity index (χ4v) is 3.58. The lowest BCUT2D eigenvalue weighted by molar-refractivity contribution is 0.867. The topological polar surface area (TPSA) is 59.4 Å². The number of nitrogens with zero attached hydrogens (tertiary/aromatic N) is 4. The minimum atomic E-state index is 0.666. The molecule has 5 aromatic rings. The number of rotatable bonds is 4. The molecule has 0 radical (unpaired) electrons. The summed E-state index contributed by atoms with van der Waals surface area (Å²) in [6, 6.07) is 25.8. The zero-order valence-electron chi connectivity index (χ0n) is 14.1. The van der Waals surface area contributed by atoms with Crippen molar-refractivity contribution in [3.63, 3.8) is 0 Å². The molecule has 0 aliphatic heterocycles. The van der Waals surface area contributed by atoms with Crippen LogP contribution in [0.1, 0.15) is 17.0 Å². The first-order chi connectivity index (χ1) is 12.9. The van der Waals surface area contributed by atoms with Gasteiger partial charge in [-0.25, -0.2) is 0 Å². The Morgan fingerprint density at radius 2 is 1.58 bits per heavy atom. The third-order valence-electron chi connectivity index (χ3n) is 4.77. The third-order valence-corrected chi connectivity index (χ3v) is 4.77. The van der Waals surface area contributed by atoms with Crippen LogP contribution in [0.25, 0.3) is 21.8 Å². The molecule has 2 aromatic heterocycles. The highest BCUT2D eigenvalue weighted by Gasteiger charge is 2.12. The van der Waals surface area contributed by atoms with E-state index in [9.17, 15) is 0 Å². The largest absolute Gasteiger partial charge is 0.336 e. The maximum absolute atomic E-state index is 4.07. The fraction of sp³-hybridized carbons (Fsp3) is 0.0952. The predicted octanol–water partition coefficient (Wildman–Crippen LogP) is 3.95. The number of aromatic amines is 1. The molecule has 0 aliphatic carbocycles. The molecule has 5 nitrogen and oxygen atoms in total. The molecule has 3 aromatic carbocycles. The maximum atomic E-state index is 4.07. The minimum Gasteiger partial charge on any atom is -0.336 e. The van der Waals surface area contributed by atoms with Gasteiger partial charge in [0, 0.05) is 34.8 Å². The van der Waals surface area contributed by atoms with Crippen molar-refractivity contribution in [2.45, 2.75) is 13.0 Å². The molecular formula is C21H17N5. The van der Waals surface area contributed by atoms with Gasteiger partial charge >= 0.3 is 0 Å². The Bertz CT molecular complexity index is 1170. The minimum absolute atomic E-state index is 0.666. The molecule has 5 heteroatoms. The Morgan fingerprint density at radius 3 is 2.42 bits per heavy atom. The number of H-pyrrole nitrogens is 1. The van der Waals surface area contributed by atoms with Crippen LogP contribution in [0, 0.1) is 0 Å². The number of benzene rings is 3. The van der Waals surface area contributed by atoms with Crippen molar-refractivity contribution in [3.05, 3.63) is 89.7 Å². The van der Waals surface area contributed by atoms with E-state index < -0.39 is 0 Å². The molecule has 0 saturated carbocycles. The predicted molar refractivity (Wildman–Crippen MR) is 102 cm³/mol. The van der Waals surface area contributed by atoms with Crippen molar-refractivity contribution in [1.82, 2.24) is 25.2 Å². The van der Waals surface area contributed by atoms with Crippen LogP contribution in [0.2, 0.25) is 0 Å². The van der Waals surface area contributed by atoms with E-state index in [1.165, 1.54) is 32.9 Å². The molecular weight excluding hydrogens is 322 g/mol. The highest BCUT2D eigenvalue weighted by atomic mass is 15.5. The molecule has 0 spiro atoms. The lowest BCUT2D eigenvalue weighted by Crippen LogP contribution is -2.00. The van der Waals surface area contributed by atoms with E-state index in [0.29, 0.717) is 12.2 Å². The van der Waals surface area contributed by atoms with Crippen molar-refractivity contribution in [2.75, 3.05) is 0 Å². The van der Waals surface area contributed by atoms with Crippen LogP contribution in [0.15, 0.2) is 72.8 Å². The molecule has 5 rings (SSSR count). The van der Waals surface area contributed by atoms with Crippen molar-refractivity contribution >= 4 is 21.8 Å². The van der Waals surface area contributed by atoms with E-state index in [1.807, 2.05) is 0 Å². The first-order valence-corrected chi connectivity index (χ1v) is 8.64. The van der Waals surface area contributed by atoms with Gasteiger partial charge in [-0.1, -0.05) is 65.9 Å². The van der Waals surface area contributed by atoms with Crippen LogP contribution in [-0.4, -0.2) is 25.2 Å². The molecule has 0 aliphatic rings. The Kier molecular flexibility index (Phi) is 3.49. The molecule has 1 N–H and O–H groups in total. The second kappa shape index (κ2) is 6.11. The number of tetrazole rings is 1. The Balaban J connectivity index is 1.68. The van der Waals surface area contributed by atoms with Crippen LogP contribution in [0.5, 0.6) is 0 Å². The van der Waals surface area contributed by atoms with Crippen LogP contribution < -0.4 is 0 Å². The fourth-order valence-electron chi connectivity index (χ4n) is 3.58. The Morgan fingerprint density at radius 1 is 0.769 bits per heavy atom. The normalized spacial score (nSPS) is 11.4. The summed E-state index contributed by atoms with van der Waals surface area (Å²) >= 11 is 0.